The van der Waals surface area contributed by atoms with Gasteiger partial charge < -0.3 is 9.47 Å². The molecule has 2 aliphatic carbocycles. The Bertz CT molecular complexity index is 461. The first-order chi connectivity index (χ1) is 10.9. The van der Waals surface area contributed by atoms with Crippen LogP contribution in [0.4, 0.5) is 0 Å². The van der Waals surface area contributed by atoms with E-state index in [1.54, 1.807) is 11.3 Å². The lowest BCUT2D eigenvalue weighted by molar-refractivity contribution is -0.119. The van der Waals surface area contributed by atoms with Gasteiger partial charge in [-0.2, -0.15) is 0 Å². The maximum Gasteiger partial charge on any atom is 0.107 e. The van der Waals surface area contributed by atoms with Crippen LogP contribution in [-0.2, 0) is 16.0 Å². The topological polar surface area (TPSA) is 34.6 Å². The zero-order valence-electron chi connectivity index (χ0n) is 13.2. The fourth-order valence-electron chi connectivity index (χ4n) is 4.31. The predicted octanol–water partition coefficient (Wildman–Crippen LogP) is 3.08. The van der Waals surface area contributed by atoms with Gasteiger partial charge in [-0.15, -0.1) is 11.3 Å². The van der Waals surface area contributed by atoms with Crippen molar-refractivity contribution in [3.63, 3.8) is 0 Å². The summed E-state index contributed by atoms with van der Waals surface area (Å²) in [5.41, 5.74) is 0. The molecule has 122 valence electrons. The molecule has 0 amide bonds. The maximum absolute atomic E-state index is 6.28. The first-order valence-corrected chi connectivity index (χ1v) is 9.64. The molecule has 0 aromatic carbocycles. The average molecular weight is 322 g/mol. The molecule has 0 unspecified atom stereocenters. The van der Waals surface area contributed by atoms with Crippen LogP contribution in [-0.4, -0.2) is 47.9 Å². The normalized spacial score (nSPS) is 33.4. The summed E-state index contributed by atoms with van der Waals surface area (Å²) >= 11 is 1.75. The summed E-state index contributed by atoms with van der Waals surface area (Å²) in [5, 5.41) is 3.28. The fraction of sp³-hybridized carbons (Fsp3) is 0.824. The molecular formula is C17H26N2O2S. The van der Waals surface area contributed by atoms with E-state index in [1.807, 2.05) is 6.20 Å². The van der Waals surface area contributed by atoms with Gasteiger partial charge in [0.25, 0.3) is 0 Å². The highest BCUT2D eigenvalue weighted by Crippen LogP contribution is 2.34. The van der Waals surface area contributed by atoms with Gasteiger partial charge in [0.2, 0.25) is 0 Å². The van der Waals surface area contributed by atoms with E-state index in [0.717, 1.165) is 38.6 Å². The first-order valence-electron chi connectivity index (χ1n) is 8.76. The molecule has 0 spiro atoms. The molecule has 5 heteroatoms. The number of ether oxygens (including phenoxy) is 2. The number of fused-ring (bicyclic) bond motifs is 1. The summed E-state index contributed by atoms with van der Waals surface area (Å²) in [6, 6.07) is 0.520. The Kier molecular flexibility index (Phi) is 4.76. The van der Waals surface area contributed by atoms with Gasteiger partial charge in [-0.05, 0) is 31.6 Å². The number of hydrogen-bond donors (Lipinski definition) is 0. The Labute approximate surface area is 136 Å². The summed E-state index contributed by atoms with van der Waals surface area (Å²) in [7, 11) is 0. The minimum Gasteiger partial charge on any atom is -0.375 e. The summed E-state index contributed by atoms with van der Waals surface area (Å²) in [6.45, 7) is 3.77. The van der Waals surface area contributed by atoms with Crippen LogP contribution in [0.2, 0.25) is 0 Å². The third-order valence-corrected chi connectivity index (χ3v) is 6.26. The number of hydrogen-bond acceptors (Lipinski definition) is 5. The van der Waals surface area contributed by atoms with Gasteiger partial charge in [-0.25, -0.2) is 4.98 Å². The monoisotopic (exact) mass is 322 g/mol. The SMILES string of the molecule is c1csc(CN2CCO[C@H]3[C@H](OCC4CCCC4)CC[C@@H]32)n1. The van der Waals surface area contributed by atoms with Crippen LogP contribution < -0.4 is 0 Å². The van der Waals surface area contributed by atoms with E-state index < -0.39 is 0 Å². The van der Waals surface area contributed by atoms with E-state index in [4.69, 9.17) is 9.47 Å². The van der Waals surface area contributed by atoms with Gasteiger partial charge >= 0.3 is 0 Å². The molecule has 0 N–H and O–H groups in total. The minimum absolute atomic E-state index is 0.273. The van der Waals surface area contributed by atoms with Crippen LogP contribution in [0.25, 0.3) is 0 Å². The van der Waals surface area contributed by atoms with E-state index in [1.165, 1.54) is 37.1 Å². The first kappa shape index (κ1) is 15.1. The van der Waals surface area contributed by atoms with E-state index in [0.29, 0.717) is 12.1 Å². The molecule has 1 aromatic rings. The van der Waals surface area contributed by atoms with Crippen LogP contribution in [0.1, 0.15) is 43.5 Å². The Hall–Kier alpha value is -0.490. The minimum atomic E-state index is 0.273. The van der Waals surface area contributed by atoms with Crippen molar-refractivity contribution >= 4 is 11.3 Å². The molecular weight excluding hydrogens is 296 g/mol. The predicted molar refractivity (Wildman–Crippen MR) is 87.0 cm³/mol. The number of aromatic nitrogens is 1. The lowest BCUT2D eigenvalue weighted by Gasteiger charge is -2.38. The number of morpholine rings is 1. The van der Waals surface area contributed by atoms with Crippen molar-refractivity contribution in [2.75, 3.05) is 19.8 Å². The van der Waals surface area contributed by atoms with Crippen LogP contribution in [0, 0.1) is 5.92 Å². The Morgan fingerprint density at radius 3 is 3.00 bits per heavy atom. The lowest BCUT2D eigenvalue weighted by Crippen LogP contribution is -2.51. The molecule has 1 aliphatic heterocycles. The van der Waals surface area contributed by atoms with Crippen molar-refractivity contribution in [3.05, 3.63) is 16.6 Å². The number of nitrogens with zero attached hydrogens (tertiary/aromatic N) is 2. The Balaban J connectivity index is 1.33. The molecule has 4 nitrogen and oxygen atoms in total. The van der Waals surface area contributed by atoms with Gasteiger partial charge in [0.1, 0.15) is 5.01 Å². The highest BCUT2D eigenvalue weighted by Gasteiger charge is 2.43. The Morgan fingerprint density at radius 2 is 2.18 bits per heavy atom. The summed E-state index contributed by atoms with van der Waals surface area (Å²) in [5.74, 6) is 0.800. The molecule has 3 atom stereocenters. The van der Waals surface area contributed by atoms with Crippen LogP contribution >= 0.6 is 11.3 Å². The number of rotatable bonds is 5. The molecule has 3 fully saturated rings. The van der Waals surface area contributed by atoms with Crippen molar-refractivity contribution in [1.29, 1.82) is 0 Å². The van der Waals surface area contributed by atoms with Gasteiger partial charge in [0.05, 0.1) is 25.4 Å². The zero-order valence-corrected chi connectivity index (χ0v) is 14.0. The molecule has 3 aliphatic rings. The van der Waals surface area contributed by atoms with Crippen LogP contribution in [0.3, 0.4) is 0 Å². The quantitative estimate of drug-likeness (QED) is 0.834. The second kappa shape index (κ2) is 6.95. The van der Waals surface area contributed by atoms with Gasteiger partial charge in [0.15, 0.2) is 0 Å². The van der Waals surface area contributed by atoms with Gasteiger partial charge in [0, 0.05) is 30.8 Å². The maximum atomic E-state index is 6.28. The van der Waals surface area contributed by atoms with E-state index in [9.17, 15) is 0 Å². The van der Waals surface area contributed by atoms with Crippen molar-refractivity contribution in [2.45, 2.75) is 63.3 Å². The lowest BCUT2D eigenvalue weighted by atomic mass is 10.1. The van der Waals surface area contributed by atoms with Crippen LogP contribution in [0.15, 0.2) is 11.6 Å². The summed E-state index contributed by atoms with van der Waals surface area (Å²) in [4.78, 5) is 7.00. The molecule has 0 radical (unpaired) electrons. The highest BCUT2D eigenvalue weighted by atomic mass is 32.1. The molecule has 2 saturated carbocycles. The van der Waals surface area contributed by atoms with Crippen molar-refractivity contribution in [2.24, 2.45) is 5.92 Å². The highest BCUT2D eigenvalue weighted by molar-refractivity contribution is 7.09. The van der Waals surface area contributed by atoms with Crippen molar-refractivity contribution < 1.29 is 9.47 Å². The second-order valence-corrected chi connectivity index (χ2v) is 7.88. The largest absolute Gasteiger partial charge is 0.375 e. The van der Waals surface area contributed by atoms with Gasteiger partial charge in [-0.1, -0.05) is 12.8 Å². The van der Waals surface area contributed by atoms with E-state index in [2.05, 4.69) is 15.3 Å². The van der Waals surface area contributed by atoms with E-state index >= 15 is 0 Å². The summed E-state index contributed by atoms with van der Waals surface area (Å²) in [6.07, 6.45) is 10.3. The average Bonchev–Trinajstić information content (AvgIpc) is 3.27. The van der Waals surface area contributed by atoms with Crippen molar-refractivity contribution in [3.8, 4) is 0 Å². The fourth-order valence-corrected chi connectivity index (χ4v) is 4.95. The second-order valence-electron chi connectivity index (χ2n) is 6.90. The third-order valence-electron chi connectivity index (χ3n) is 5.49. The smallest absolute Gasteiger partial charge is 0.107 e. The number of thiazole rings is 1. The molecule has 4 rings (SSSR count). The molecule has 1 aromatic heterocycles. The third kappa shape index (κ3) is 3.23. The van der Waals surface area contributed by atoms with Crippen molar-refractivity contribution in [1.82, 2.24) is 9.88 Å². The zero-order chi connectivity index (χ0) is 14.8. The molecule has 1 saturated heterocycles. The molecule has 2 heterocycles. The van der Waals surface area contributed by atoms with Gasteiger partial charge in [-0.3, -0.25) is 4.90 Å². The van der Waals surface area contributed by atoms with E-state index in [-0.39, 0.29) is 6.10 Å². The standard InChI is InChI=1S/C17H26N2O2S/c1-2-4-13(3-1)12-21-15-6-5-14-17(15)20-9-8-19(14)11-16-18-7-10-22-16/h7,10,13-15,17H,1-6,8-9,11-12H2/t14-,15+,17+/m0/s1. The Morgan fingerprint density at radius 1 is 1.27 bits per heavy atom. The summed E-state index contributed by atoms with van der Waals surface area (Å²) < 4.78 is 12.4. The molecule has 22 heavy (non-hydrogen) atoms. The van der Waals surface area contributed by atoms with Crippen LogP contribution in [0.5, 0.6) is 0 Å². The molecule has 0 bridgehead atoms.